The smallest absolute Gasteiger partial charge is 0.405 e. The lowest BCUT2D eigenvalue weighted by Gasteiger charge is -2.33. The molecule has 1 aliphatic rings. The van der Waals surface area contributed by atoms with E-state index in [-0.39, 0.29) is 25.3 Å². The maximum atomic E-state index is 14.0. The van der Waals surface area contributed by atoms with Crippen LogP contribution in [-0.4, -0.2) is 60.1 Å². The lowest BCUT2D eigenvalue weighted by molar-refractivity contribution is -0.133. The number of nitrogens with zero attached hydrogens (tertiary/aromatic N) is 1. The normalized spacial score (nSPS) is 15.6. The summed E-state index contributed by atoms with van der Waals surface area (Å²) in [6.07, 6.45) is 6.05. The minimum Gasteiger partial charge on any atom is -0.494 e. The number of ketones is 1. The summed E-state index contributed by atoms with van der Waals surface area (Å²) < 4.78 is 5.82. The summed E-state index contributed by atoms with van der Waals surface area (Å²) in [6, 6.07) is 16.0. The third-order valence-electron chi connectivity index (χ3n) is 7.51. The third kappa shape index (κ3) is 10.7. The van der Waals surface area contributed by atoms with Gasteiger partial charge in [-0.25, -0.2) is 4.79 Å². The van der Waals surface area contributed by atoms with Crippen molar-refractivity contribution in [1.29, 1.82) is 0 Å². The molecule has 248 valence electrons. The quantitative estimate of drug-likeness (QED) is 0.122. The minimum atomic E-state index is -1.34. The van der Waals surface area contributed by atoms with Crippen LogP contribution in [0.25, 0.3) is 12.2 Å². The van der Waals surface area contributed by atoms with Crippen molar-refractivity contribution in [2.24, 2.45) is 5.73 Å². The molecule has 4 rings (SSSR count). The molecular formula is C35H35Cl4N3O5. The zero-order chi connectivity index (χ0) is 33.9. The Morgan fingerprint density at radius 1 is 0.830 bits per heavy atom. The molecule has 4 N–H and O–H groups in total. The highest BCUT2D eigenvalue weighted by Gasteiger charge is 2.33. The highest BCUT2D eigenvalue weighted by Crippen LogP contribution is 2.29. The van der Waals surface area contributed by atoms with Crippen molar-refractivity contribution in [1.82, 2.24) is 10.2 Å². The van der Waals surface area contributed by atoms with Crippen molar-refractivity contribution in [2.45, 2.75) is 38.1 Å². The summed E-state index contributed by atoms with van der Waals surface area (Å²) in [5, 5.41) is 13.3. The molecule has 1 fully saturated rings. The van der Waals surface area contributed by atoms with Gasteiger partial charge < -0.3 is 25.8 Å². The first-order valence-electron chi connectivity index (χ1n) is 15.1. The Hall–Kier alpha value is -3.53. The molecule has 1 atom stereocenters. The summed E-state index contributed by atoms with van der Waals surface area (Å²) in [5.74, 6) is -0.0768. The van der Waals surface area contributed by atoms with Crippen LogP contribution in [0.4, 0.5) is 4.79 Å². The lowest BCUT2D eigenvalue weighted by atomic mass is 9.93. The van der Waals surface area contributed by atoms with Gasteiger partial charge in [0.2, 0.25) is 5.91 Å². The number of hydrogen-bond donors (Lipinski definition) is 3. The Morgan fingerprint density at radius 3 is 1.89 bits per heavy atom. The topological polar surface area (TPSA) is 122 Å². The molecule has 2 amide bonds. The van der Waals surface area contributed by atoms with Crippen LogP contribution in [0.5, 0.6) is 5.75 Å². The van der Waals surface area contributed by atoms with Gasteiger partial charge in [0.05, 0.1) is 26.7 Å². The van der Waals surface area contributed by atoms with E-state index in [1.807, 2.05) is 0 Å². The molecule has 0 aromatic heterocycles. The van der Waals surface area contributed by atoms with Gasteiger partial charge in [0, 0.05) is 30.7 Å². The second-order valence-corrected chi connectivity index (χ2v) is 12.7. The van der Waals surface area contributed by atoms with Crippen LogP contribution in [0, 0.1) is 0 Å². The van der Waals surface area contributed by atoms with Crippen molar-refractivity contribution in [3.63, 3.8) is 0 Å². The number of ether oxygens (including phenoxy) is 1. The number of rotatable bonds is 13. The maximum absolute atomic E-state index is 14.0. The molecule has 0 aliphatic carbocycles. The van der Waals surface area contributed by atoms with Crippen molar-refractivity contribution >= 4 is 76.3 Å². The van der Waals surface area contributed by atoms with Crippen molar-refractivity contribution in [2.75, 3.05) is 26.2 Å². The number of nitrogens with two attached hydrogens (primary N) is 1. The van der Waals surface area contributed by atoms with E-state index in [0.717, 1.165) is 31.2 Å². The molecule has 1 aliphatic heterocycles. The second kappa shape index (κ2) is 17.6. The molecule has 1 saturated heterocycles. The van der Waals surface area contributed by atoms with Crippen molar-refractivity contribution in [3.05, 3.63) is 109 Å². The number of hydrogen-bond acceptors (Lipinski definition) is 5. The first-order chi connectivity index (χ1) is 22.5. The average molecular weight is 719 g/mol. The number of carbonyl (C=O) groups is 3. The predicted octanol–water partition coefficient (Wildman–Crippen LogP) is 7.96. The lowest BCUT2D eigenvalue weighted by Crippen LogP contribution is -2.52. The Balaban J connectivity index is 1.57. The fourth-order valence-corrected chi connectivity index (χ4v) is 5.73. The summed E-state index contributed by atoms with van der Waals surface area (Å²) >= 11 is 24.6. The predicted molar refractivity (Wildman–Crippen MR) is 189 cm³/mol. The fourth-order valence-electron chi connectivity index (χ4n) is 5.12. The Labute approximate surface area is 294 Å². The molecular weight excluding hydrogens is 684 g/mol. The highest BCUT2D eigenvalue weighted by molar-refractivity contribution is 6.42. The Bertz CT molecular complexity index is 1590. The first-order valence-corrected chi connectivity index (χ1v) is 16.6. The zero-order valence-corrected chi connectivity index (χ0v) is 28.5. The summed E-state index contributed by atoms with van der Waals surface area (Å²) in [7, 11) is 0. The third-order valence-corrected chi connectivity index (χ3v) is 8.99. The number of Topliss-reactive ketones (excluding diaryl/α,β-unsaturated/α-hetero) is 1. The molecule has 12 heteroatoms. The van der Waals surface area contributed by atoms with E-state index in [0.29, 0.717) is 61.3 Å². The standard InChI is InChI=1S/C35H35Cl4N3O5/c36-28-11-7-23(17-30(28)38)15-25-20-42(21-26(33(25)43)16-24-8-12-29(37)31(39)18-24)34(44)32(41-35(45)46)19-22-5-9-27(10-6-22)47-14-4-2-1-3-13-40/h5-12,15-18,32,41H,1-4,13-14,19-21,40H2,(H,45,46)/b25-15+,26-16+. The van der Waals surface area contributed by atoms with Gasteiger partial charge in [-0.15, -0.1) is 0 Å². The van der Waals surface area contributed by atoms with E-state index in [9.17, 15) is 19.5 Å². The molecule has 1 heterocycles. The van der Waals surface area contributed by atoms with Crippen LogP contribution in [0.2, 0.25) is 20.1 Å². The fraction of sp³-hybridized carbons (Fsp3) is 0.286. The maximum Gasteiger partial charge on any atom is 0.405 e. The Morgan fingerprint density at radius 2 is 1.38 bits per heavy atom. The molecule has 0 bridgehead atoms. The van der Waals surface area contributed by atoms with Crippen LogP contribution in [-0.2, 0) is 16.0 Å². The number of halogens is 4. The largest absolute Gasteiger partial charge is 0.494 e. The van der Waals surface area contributed by atoms with Gasteiger partial charge in [0.1, 0.15) is 11.8 Å². The molecule has 8 nitrogen and oxygen atoms in total. The molecule has 0 saturated carbocycles. The average Bonchev–Trinajstić information content (AvgIpc) is 3.04. The number of nitrogens with one attached hydrogen (secondary N) is 1. The van der Waals surface area contributed by atoms with E-state index in [1.165, 1.54) is 4.90 Å². The van der Waals surface area contributed by atoms with Gasteiger partial charge in [-0.2, -0.15) is 0 Å². The minimum absolute atomic E-state index is 0.0491. The van der Waals surface area contributed by atoms with Gasteiger partial charge in [-0.1, -0.05) is 83.5 Å². The number of benzene rings is 3. The van der Waals surface area contributed by atoms with Crippen LogP contribution in [0.3, 0.4) is 0 Å². The first kappa shape index (κ1) is 36.3. The summed E-state index contributed by atoms with van der Waals surface area (Å²) in [4.78, 5) is 40.9. The van der Waals surface area contributed by atoms with E-state index >= 15 is 0 Å². The molecule has 0 spiro atoms. The second-order valence-electron chi connectivity index (χ2n) is 11.1. The molecule has 47 heavy (non-hydrogen) atoms. The van der Waals surface area contributed by atoms with Gasteiger partial charge >= 0.3 is 6.09 Å². The Kier molecular flexibility index (Phi) is 13.6. The highest BCUT2D eigenvalue weighted by atomic mass is 35.5. The number of amides is 2. The van der Waals surface area contributed by atoms with Gasteiger partial charge in [-0.05, 0) is 84.6 Å². The van der Waals surface area contributed by atoms with Crippen LogP contribution >= 0.6 is 46.4 Å². The van der Waals surface area contributed by atoms with Crippen LogP contribution in [0.15, 0.2) is 71.8 Å². The van der Waals surface area contributed by atoms with E-state index in [2.05, 4.69) is 5.32 Å². The number of likely N-dealkylation sites (tertiary alicyclic amines) is 1. The molecule has 3 aromatic carbocycles. The number of carbonyl (C=O) groups excluding carboxylic acids is 2. The zero-order valence-electron chi connectivity index (χ0n) is 25.5. The van der Waals surface area contributed by atoms with E-state index in [4.69, 9.17) is 56.9 Å². The van der Waals surface area contributed by atoms with E-state index in [1.54, 1.807) is 72.8 Å². The van der Waals surface area contributed by atoms with Gasteiger partial charge in [0.15, 0.2) is 5.78 Å². The molecule has 3 aromatic rings. The number of piperidine rings is 1. The summed E-state index contributed by atoms with van der Waals surface area (Å²) in [5.41, 5.74) is 8.13. The number of carboxylic acid groups (broad SMARTS) is 1. The summed E-state index contributed by atoms with van der Waals surface area (Å²) in [6.45, 7) is 1.17. The number of unbranched alkanes of at least 4 members (excludes halogenated alkanes) is 3. The molecule has 0 radical (unpaired) electrons. The monoisotopic (exact) mass is 717 g/mol. The van der Waals surface area contributed by atoms with Crippen molar-refractivity contribution < 1.29 is 24.2 Å². The van der Waals surface area contributed by atoms with Gasteiger partial charge in [0.25, 0.3) is 0 Å². The van der Waals surface area contributed by atoms with E-state index < -0.39 is 18.0 Å². The van der Waals surface area contributed by atoms with Crippen molar-refractivity contribution in [3.8, 4) is 5.75 Å². The SMILES string of the molecule is NCCCCCCOc1ccc(CC(NC(=O)O)C(=O)N2C/C(=C\c3ccc(Cl)c(Cl)c3)C(=O)/C(=C/c3ccc(Cl)c(Cl)c3)C2)cc1. The van der Waals surface area contributed by atoms with Gasteiger partial charge in [-0.3, -0.25) is 9.59 Å². The van der Waals surface area contributed by atoms with Crippen LogP contribution in [0.1, 0.15) is 42.4 Å². The van der Waals surface area contributed by atoms with Crippen LogP contribution < -0.4 is 15.8 Å². The molecule has 1 unspecified atom stereocenters.